The van der Waals surface area contributed by atoms with Crippen LogP contribution in [0, 0.1) is 3.57 Å². The van der Waals surface area contributed by atoms with E-state index in [0.717, 1.165) is 23.0 Å². The van der Waals surface area contributed by atoms with Crippen molar-refractivity contribution in [1.82, 2.24) is 9.80 Å². The Balaban J connectivity index is 1.83. The molecule has 20 heavy (non-hydrogen) atoms. The van der Waals surface area contributed by atoms with Gasteiger partial charge in [0.2, 0.25) is 0 Å². The van der Waals surface area contributed by atoms with Crippen molar-refractivity contribution in [3.8, 4) is 11.5 Å². The van der Waals surface area contributed by atoms with Crippen molar-refractivity contribution in [3.63, 3.8) is 0 Å². The molecule has 1 saturated heterocycles. The molecular weight excluding hydrogens is 367 g/mol. The lowest BCUT2D eigenvalue weighted by atomic mass is 10.1. The molecule has 0 spiro atoms. The van der Waals surface area contributed by atoms with Crippen molar-refractivity contribution in [3.05, 3.63) is 21.3 Å². The van der Waals surface area contributed by atoms with E-state index in [1.54, 1.807) is 7.11 Å². The fraction of sp³-hybridized carbons (Fsp3) is 0.600. The zero-order chi connectivity index (χ0) is 14.5. The fourth-order valence-corrected chi connectivity index (χ4v) is 3.17. The first-order valence-electron chi connectivity index (χ1n) is 7.06. The molecule has 1 heterocycles. The van der Waals surface area contributed by atoms with E-state index in [-0.39, 0.29) is 5.75 Å². The third-order valence-corrected chi connectivity index (χ3v) is 4.67. The Labute approximate surface area is 134 Å². The van der Waals surface area contributed by atoms with Gasteiger partial charge in [-0.05, 0) is 66.7 Å². The highest BCUT2D eigenvalue weighted by atomic mass is 127. The SMILES string of the molecule is COc1cc(CCCN2CCN(C)CC2)cc(I)c1O. The lowest BCUT2D eigenvalue weighted by Crippen LogP contribution is -2.44. The van der Waals surface area contributed by atoms with Gasteiger partial charge in [0.05, 0.1) is 10.7 Å². The largest absolute Gasteiger partial charge is 0.504 e. The highest BCUT2D eigenvalue weighted by Gasteiger charge is 2.13. The van der Waals surface area contributed by atoms with Gasteiger partial charge in [0.1, 0.15) is 0 Å². The van der Waals surface area contributed by atoms with Crippen LogP contribution in [0.3, 0.4) is 0 Å². The average molecular weight is 390 g/mol. The lowest BCUT2D eigenvalue weighted by Gasteiger charge is -2.32. The van der Waals surface area contributed by atoms with E-state index in [4.69, 9.17) is 4.74 Å². The van der Waals surface area contributed by atoms with Crippen molar-refractivity contribution < 1.29 is 9.84 Å². The number of piperazine rings is 1. The van der Waals surface area contributed by atoms with Gasteiger partial charge in [-0.1, -0.05) is 0 Å². The number of rotatable bonds is 5. The predicted octanol–water partition coefficient (Wildman–Crippen LogP) is 2.19. The van der Waals surface area contributed by atoms with Crippen LogP contribution in [0.2, 0.25) is 0 Å². The summed E-state index contributed by atoms with van der Waals surface area (Å²) in [6.07, 6.45) is 2.17. The maximum absolute atomic E-state index is 9.83. The molecule has 1 fully saturated rings. The van der Waals surface area contributed by atoms with Gasteiger partial charge in [0, 0.05) is 26.2 Å². The molecule has 1 aromatic rings. The van der Waals surface area contributed by atoms with Gasteiger partial charge in [-0.3, -0.25) is 0 Å². The molecule has 0 aromatic heterocycles. The Hall–Kier alpha value is -0.530. The van der Waals surface area contributed by atoms with Gasteiger partial charge in [-0.15, -0.1) is 0 Å². The van der Waals surface area contributed by atoms with E-state index in [2.05, 4.69) is 39.4 Å². The number of hydrogen-bond donors (Lipinski definition) is 1. The molecule has 4 nitrogen and oxygen atoms in total. The van der Waals surface area contributed by atoms with E-state index in [1.165, 1.54) is 31.7 Å². The van der Waals surface area contributed by atoms with Gasteiger partial charge in [0.25, 0.3) is 0 Å². The van der Waals surface area contributed by atoms with Crippen LogP contribution in [-0.4, -0.2) is 61.8 Å². The summed E-state index contributed by atoms with van der Waals surface area (Å²) in [7, 11) is 3.78. The number of aryl methyl sites for hydroxylation is 1. The number of aromatic hydroxyl groups is 1. The lowest BCUT2D eigenvalue weighted by molar-refractivity contribution is 0.153. The summed E-state index contributed by atoms with van der Waals surface area (Å²) >= 11 is 2.15. The highest BCUT2D eigenvalue weighted by Crippen LogP contribution is 2.32. The van der Waals surface area contributed by atoms with Crippen LogP contribution in [0.25, 0.3) is 0 Å². The molecular formula is C15H23IN2O2. The molecule has 0 aliphatic carbocycles. The van der Waals surface area contributed by atoms with Crippen molar-refractivity contribution in [2.75, 3.05) is 46.9 Å². The number of halogens is 1. The number of phenolic OH excluding ortho intramolecular Hbond substituents is 1. The summed E-state index contributed by atoms with van der Waals surface area (Å²) < 4.78 is 6.06. The molecule has 1 aliphatic heterocycles. The van der Waals surface area contributed by atoms with Crippen molar-refractivity contribution in [2.24, 2.45) is 0 Å². The Morgan fingerprint density at radius 3 is 2.60 bits per heavy atom. The maximum atomic E-state index is 9.83. The first-order valence-corrected chi connectivity index (χ1v) is 8.14. The van der Waals surface area contributed by atoms with Gasteiger partial charge in [-0.2, -0.15) is 0 Å². The van der Waals surface area contributed by atoms with Crippen molar-refractivity contribution in [2.45, 2.75) is 12.8 Å². The molecule has 0 saturated carbocycles. The summed E-state index contributed by atoms with van der Waals surface area (Å²) in [6.45, 7) is 5.84. The van der Waals surface area contributed by atoms with E-state index in [1.807, 2.05) is 12.1 Å². The van der Waals surface area contributed by atoms with Crippen LogP contribution < -0.4 is 4.74 Å². The molecule has 5 heteroatoms. The summed E-state index contributed by atoms with van der Waals surface area (Å²) in [5.41, 5.74) is 1.23. The van der Waals surface area contributed by atoms with E-state index >= 15 is 0 Å². The summed E-state index contributed by atoms with van der Waals surface area (Å²) in [6, 6.07) is 3.99. The molecule has 0 radical (unpaired) electrons. The molecule has 112 valence electrons. The summed E-state index contributed by atoms with van der Waals surface area (Å²) in [5.74, 6) is 0.822. The third kappa shape index (κ3) is 4.23. The molecule has 1 aliphatic rings. The Kier molecular flexibility index (Phi) is 5.92. The van der Waals surface area contributed by atoms with Gasteiger partial charge < -0.3 is 19.6 Å². The Morgan fingerprint density at radius 1 is 1.25 bits per heavy atom. The van der Waals surface area contributed by atoms with Gasteiger partial charge in [-0.25, -0.2) is 0 Å². The normalized spacial score (nSPS) is 17.4. The molecule has 2 rings (SSSR count). The Bertz CT molecular complexity index is 446. The zero-order valence-corrected chi connectivity index (χ0v) is 14.4. The molecule has 1 N–H and O–H groups in total. The number of benzene rings is 1. The average Bonchev–Trinajstić information content (AvgIpc) is 2.44. The minimum Gasteiger partial charge on any atom is -0.504 e. The number of nitrogens with zero attached hydrogens (tertiary/aromatic N) is 2. The standard InChI is InChI=1S/C15H23IN2O2/c1-17-6-8-18(9-7-17)5-3-4-12-10-13(16)15(19)14(11-12)20-2/h10-11,19H,3-9H2,1-2H3. The van der Waals surface area contributed by atoms with Crippen molar-refractivity contribution in [1.29, 1.82) is 0 Å². The zero-order valence-electron chi connectivity index (χ0n) is 12.2. The first-order chi connectivity index (χ1) is 9.60. The number of phenols is 1. The van der Waals surface area contributed by atoms with E-state index < -0.39 is 0 Å². The minimum atomic E-state index is 0.246. The number of ether oxygens (including phenoxy) is 1. The van der Waals surface area contributed by atoms with E-state index in [0.29, 0.717) is 5.75 Å². The fourth-order valence-electron chi connectivity index (χ4n) is 2.51. The molecule has 1 aromatic carbocycles. The minimum absolute atomic E-state index is 0.246. The van der Waals surface area contributed by atoms with Gasteiger partial charge in [0.15, 0.2) is 11.5 Å². The predicted molar refractivity (Wildman–Crippen MR) is 89.6 cm³/mol. The number of hydrogen-bond acceptors (Lipinski definition) is 4. The van der Waals surface area contributed by atoms with Crippen LogP contribution in [0.1, 0.15) is 12.0 Å². The second kappa shape index (κ2) is 7.47. The molecule has 0 unspecified atom stereocenters. The summed E-state index contributed by atoms with van der Waals surface area (Å²) in [4.78, 5) is 4.91. The topological polar surface area (TPSA) is 35.9 Å². The van der Waals surface area contributed by atoms with Gasteiger partial charge >= 0.3 is 0 Å². The van der Waals surface area contributed by atoms with E-state index in [9.17, 15) is 5.11 Å². The second-order valence-corrected chi connectivity index (χ2v) is 6.54. The molecule has 0 amide bonds. The number of likely N-dealkylation sites (N-methyl/N-ethyl adjacent to an activating group) is 1. The van der Waals surface area contributed by atoms with Crippen LogP contribution in [0.5, 0.6) is 11.5 Å². The summed E-state index contributed by atoms with van der Waals surface area (Å²) in [5, 5.41) is 9.83. The smallest absolute Gasteiger partial charge is 0.171 e. The van der Waals surface area contributed by atoms with Crippen LogP contribution >= 0.6 is 22.6 Å². The number of methoxy groups -OCH3 is 1. The molecule has 0 bridgehead atoms. The second-order valence-electron chi connectivity index (χ2n) is 5.38. The highest BCUT2D eigenvalue weighted by molar-refractivity contribution is 14.1. The monoisotopic (exact) mass is 390 g/mol. The Morgan fingerprint density at radius 2 is 1.95 bits per heavy atom. The third-order valence-electron chi connectivity index (χ3n) is 3.84. The maximum Gasteiger partial charge on any atom is 0.171 e. The first kappa shape index (κ1) is 15.9. The quantitative estimate of drug-likeness (QED) is 0.783. The van der Waals surface area contributed by atoms with Crippen LogP contribution in [0.4, 0.5) is 0 Å². The molecule has 0 atom stereocenters. The van der Waals surface area contributed by atoms with Crippen LogP contribution in [-0.2, 0) is 6.42 Å². The van der Waals surface area contributed by atoms with Crippen molar-refractivity contribution >= 4 is 22.6 Å². The van der Waals surface area contributed by atoms with Crippen LogP contribution in [0.15, 0.2) is 12.1 Å².